The summed E-state index contributed by atoms with van der Waals surface area (Å²) in [6.45, 7) is 0. The summed E-state index contributed by atoms with van der Waals surface area (Å²) in [5.41, 5.74) is 1.82. The highest BCUT2D eigenvalue weighted by Crippen LogP contribution is 2.27. The van der Waals surface area contributed by atoms with E-state index in [4.69, 9.17) is 11.6 Å². The van der Waals surface area contributed by atoms with Crippen molar-refractivity contribution < 1.29 is 0 Å². The maximum absolute atomic E-state index is 6.02. The van der Waals surface area contributed by atoms with Gasteiger partial charge in [-0.05, 0) is 33.6 Å². The molecule has 3 nitrogen and oxygen atoms in total. The molecule has 0 N–H and O–H groups in total. The maximum atomic E-state index is 6.02. The predicted octanol–water partition coefficient (Wildman–Crippen LogP) is 3.30. The minimum atomic E-state index is 0.370. The number of hydrogen-bond acceptors (Lipinski definition) is 2. The predicted molar refractivity (Wildman–Crippen MR) is 63.2 cm³/mol. The Morgan fingerprint density at radius 2 is 2.07 bits per heavy atom. The Kier molecular flexibility index (Phi) is 1.94. The quantitative estimate of drug-likeness (QED) is 0.592. The summed E-state index contributed by atoms with van der Waals surface area (Å²) in [6, 6.07) is 7.84. The molecule has 15 heavy (non-hydrogen) atoms. The number of rotatable bonds is 0. The zero-order valence-corrected chi connectivity index (χ0v) is 9.83. The Labute approximate surface area is 98.8 Å². The van der Waals surface area contributed by atoms with E-state index in [0.29, 0.717) is 5.28 Å². The zero-order chi connectivity index (χ0) is 10.4. The van der Waals surface area contributed by atoms with Crippen LogP contribution in [0.2, 0.25) is 5.28 Å². The summed E-state index contributed by atoms with van der Waals surface area (Å²) >= 11 is 9.47. The number of aromatic nitrogens is 3. The van der Waals surface area contributed by atoms with Crippen LogP contribution in [0.25, 0.3) is 16.4 Å². The highest BCUT2D eigenvalue weighted by molar-refractivity contribution is 9.10. The molecule has 0 radical (unpaired) electrons. The van der Waals surface area contributed by atoms with Crippen molar-refractivity contribution in [2.75, 3.05) is 0 Å². The lowest BCUT2D eigenvalue weighted by Crippen LogP contribution is -1.93. The lowest BCUT2D eigenvalue weighted by atomic mass is 10.2. The first-order chi connectivity index (χ1) is 7.27. The van der Waals surface area contributed by atoms with Gasteiger partial charge in [0.1, 0.15) is 0 Å². The van der Waals surface area contributed by atoms with Gasteiger partial charge in [0.15, 0.2) is 0 Å². The first-order valence-electron chi connectivity index (χ1n) is 4.35. The highest BCUT2D eigenvalue weighted by atomic mass is 79.9. The molecule has 0 spiro atoms. The molecular formula is C10H5BrClN3. The van der Waals surface area contributed by atoms with Crippen LogP contribution in [0.1, 0.15) is 0 Å². The van der Waals surface area contributed by atoms with Crippen LogP contribution in [0.3, 0.4) is 0 Å². The molecule has 3 rings (SSSR count). The smallest absolute Gasteiger partial charge is 0.218 e. The molecule has 0 bridgehead atoms. The molecule has 0 aliphatic rings. The highest BCUT2D eigenvalue weighted by Gasteiger charge is 2.09. The Balaban J connectivity index is 2.67. The van der Waals surface area contributed by atoms with Gasteiger partial charge >= 0.3 is 0 Å². The van der Waals surface area contributed by atoms with Gasteiger partial charge < -0.3 is 0 Å². The van der Waals surface area contributed by atoms with Crippen LogP contribution < -0.4 is 0 Å². The second kappa shape index (κ2) is 3.18. The number of nitrogens with zero attached hydrogens (tertiary/aromatic N) is 3. The van der Waals surface area contributed by atoms with Gasteiger partial charge in [0.05, 0.1) is 21.7 Å². The zero-order valence-electron chi connectivity index (χ0n) is 7.48. The second-order valence-corrected chi connectivity index (χ2v) is 4.34. The molecule has 74 valence electrons. The first kappa shape index (κ1) is 9.12. The maximum Gasteiger partial charge on any atom is 0.224 e. The molecule has 0 aliphatic carbocycles. The topological polar surface area (TPSA) is 30.2 Å². The van der Waals surface area contributed by atoms with Crippen molar-refractivity contribution in [1.82, 2.24) is 14.6 Å². The van der Waals surface area contributed by atoms with Crippen LogP contribution in [0.4, 0.5) is 0 Å². The van der Waals surface area contributed by atoms with E-state index >= 15 is 0 Å². The second-order valence-electron chi connectivity index (χ2n) is 3.15. The Bertz CT molecular complexity index is 662. The van der Waals surface area contributed by atoms with Crippen molar-refractivity contribution in [3.63, 3.8) is 0 Å². The van der Waals surface area contributed by atoms with Gasteiger partial charge in [-0.15, -0.1) is 0 Å². The Morgan fingerprint density at radius 1 is 1.27 bits per heavy atom. The number of para-hydroxylation sites is 1. The lowest BCUT2D eigenvalue weighted by molar-refractivity contribution is 0.935. The van der Waals surface area contributed by atoms with Gasteiger partial charge in [-0.3, -0.25) is 0 Å². The molecule has 2 heterocycles. The van der Waals surface area contributed by atoms with Crippen LogP contribution in [0.15, 0.2) is 34.9 Å². The fourth-order valence-electron chi connectivity index (χ4n) is 1.63. The van der Waals surface area contributed by atoms with Crippen LogP contribution in [-0.4, -0.2) is 14.6 Å². The third-order valence-corrected chi connectivity index (χ3v) is 3.10. The molecule has 0 atom stereocenters. The molecular weight excluding hydrogens is 277 g/mol. The van der Waals surface area contributed by atoms with Crippen molar-refractivity contribution in [2.24, 2.45) is 0 Å². The van der Waals surface area contributed by atoms with Crippen LogP contribution in [0, 0.1) is 0 Å². The number of halogens is 2. The van der Waals surface area contributed by atoms with Gasteiger partial charge in [0, 0.05) is 5.39 Å². The van der Waals surface area contributed by atoms with Crippen LogP contribution in [-0.2, 0) is 0 Å². The summed E-state index contributed by atoms with van der Waals surface area (Å²) in [4.78, 5) is 4.26. The van der Waals surface area contributed by atoms with Gasteiger partial charge in [0.25, 0.3) is 0 Å². The fourth-order valence-corrected chi connectivity index (χ4v) is 2.32. The fraction of sp³-hybridized carbons (Fsp3) is 0. The minimum Gasteiger partial charge on any atom is -0.218 e. The number of benzene rings is 1. The molecule has 0 saturated heterocycles. The summed E-state index contributed by atoms with van der Waals surface area (Å²) in [5, 5.41) is 5.55. The van der Waals surface area contributed by atoms with Crippen LogP contribution in [0.5, 0.6) is 0 Å². The third-order valence-electron chi connectivity index (χ3n) is 2.27. The molecule has 5 heteroatoms. The van der Waals surface area contributed by atoms with E-state index in [1.54, 1.807) is 10.7 Å². The van der Waals surface area contributed by atoms with Gasteiger partial charge in [-0.1, -0.05) is 18.2 Å². The van der Waals surface area contributed by atoms with Crippen molar-refractivity contribution in [2.45, 2.75) is 0 Å². The largest absolute Gasteiger partial charge is 0.224 e. The van der Waals surface area contributed by atoms with Crippen molar-refractivity contribution in [3.8, 4) is 0 Å². The Hall–Kier alpha value is -1.13. The van der Waals surface area contributed by atoms with E-state index in [1.165, 1.54) is 0 Å². The summed E-state index contributed by atoms with van der Waals surface area (Å²) in [6.07, 6.45) is 1.72. The number of fused-ring (bicyclic) bond motifs is 3. The van der Waals surface area contributed by atoms with E-state index in [2.05, 4.69) is 26.0 Å². The first-order valence-corrected chi connectivity index (χ1v) is 5.52. The Morgan fingerprint density at radius 3 is 2.93 bits per heavy atom. The third kappa shape index (κ3) is 1.25. The van der Waals surface area contributed by atoms with E-state index in [-0.39, 0.29) is 0 Å². The molecule has 0 aliphatic heterocycles. The van der Waals surface area contributed by atoms with Crippen LogP contribution >= 0.6 is 27.5 Å². The summed E-state index contributed by atoms with van der Waals surface area (Å²) in [5.74, 6) is 0. The van der Waals surface area contributed by atoms with Crippen molar-refractivity contribution in [1.29, 1.82) is 0 Å². The van der Waals surface area contributed by atoms with Crippen molar-refractivity contribution >= 4 is 44.0 Å². The molecule has 1 aromatic carbocycles. The number of hydrogen-bond donors (Lipinski definition) is 0. The van der Waals surface area contributed by atoms with E-state index < -0.39 is 0 Å². The van der Waals surface area contributed by atoms with Crippen molar-refractivity contribution in [3.05, 3.63) is 40.2 Å². The average Bonchev–Trinajstić information content (AvgIpc) is 2.62. The monoisotopic (exact) mass is 281 g/mol. The van der Waals surface area contributed by atoms with E-state index in [1.807, 2.05) is 24.3 Å². The summed E-state index contributed by atoms with van der Waals surface area (Å²) in [7, 11) is 0. The van der Waals surface area contributed by atoms with Gasteiger partial charge in [-0.2, -0.15) is 5.10 Å². The molecule has 3 aromatic rings. The molecule has 0 saturated carbocycles. The van der Waals surface area contributed by atoms with Gasteiger partial charge in [0.2, 0.25) is 5.28 Å². The van der Waals surface area contributed by atoms with Gasteiger partial charge in [-0.25, -0.2) is 9.50 Å². The molecule has 2 aromatic heterocycles. The SMILES string of the molecule is Clc1nc2ccccc2c2c(Br)cnn12. The van der Waals surface area contributed by atoms with E-state index in [0.717, 1.165) is 20.9 Å². The standard InChI is InChI=1S/C10H5BrClN3/c11-7-5-13-15-9(7)6-3-1-2-4-8(6)14-10(15)12/h1-5H. The lowest BCUT2D eigenvalue weighted by Gasteiger charge is -2.02. The van der Waals surface area contributed by atoms with E-state index in [9.17, 15) is 0 Å². The molecule has 0 unspecified atom stereocenters. The normalized spacial score (nSPS) is 11.3. The molecule has 0 amide bonds. The average molecular weight is 283 g/mol. The summed E-state index contributed by atoms with van der Waals surface area (Å²) < 4.78 is 2.54. The minimum absolute atomic E-state index is 0.370. The molecule has 0 fully saturated rings.